The van der Waals surface area contributed by atoms with Gasteiger partial charge in [-0.15, -0.1) is 11.3 Å². The summed E-state index contributed by atoms with van der Waals surface area (Å²) in [6.07, 6.45) is 0. The molecule has 0 aliphatic rings. The number of fused-ring (bicyclic) bond motifs is 1. The van der Waals surface area contributed by atoms with Crippen molar-refractivity contribution >= 4 is 57.2 Å². The van der Waals surface area contributed by atoms with Crippen LogP contribution in [0.3, 0.4) is 0 Å². The van der Waals surface area contributed by atoms with Crippen molar-refractivity contribution in [2.24, 2.45) is 7.05 Å². The number of hydrogen-bond donors (Lipinski definition) is 2. The molecule has 6 nitrogen and oxygen atoms in total. The zero-order valence-electron chi connectivity index (χ0n) is 16.2. The predicted molar refractivity (Wildman–Crippen MR) is 122 cm³/mol. The first-order valence-corrected chi connectivity index (χ1v) is 10.1. The van der Waals surface area contributed by atoms with Crippen LogP contribution in [0.25, 0.3) is 21.5 Å². The zero-order valence-corrected chi connectivity index (χ0v) is 17.8. The molecule has 148 valence electrons. The highest BCUT2D eigenvalue weighted by Crippen LogP contribution is 2.34. The number of nitrogens with two attached hydrogens (primary N) is 1. The minimum atomic E-state index is -0.234. The number of imidazole rings is 1. The van der Waals surface area contributed by atoms with E-state index in [9.17, 15) is 4.79 Å². The van der Waals surface area contributed by atoms with E-state index in [2.05, 4.69) is 10.3 Å². The summed E-state index contributed by atoms with van der Waals surface area (Å²) in [5.74, 6) is 0.612. The van der Waals surface area contributed by atoms with Crippen molar-refractivity contribution in [3.05, 3.63) is 58.4 Å². The van der Waals surface area contributed by atoms with Crippen LogP contribution in [-0.2, 0) is 7.05 Å². The third-order valence-electron chi connectivity index (χ3n) is 4.61. The molecule has 0 aliphatic carbocycles. The summed E-state index contributed by atoms with van der Waals surface area (Å²) in [5.41, 5.74) is 10.0. The molecule has 0 saturated carbocycles. The van der Waals surface area contributed by atoms with Gasteiger partial charge in [-0.2, -0.15) is 0 Å². The Balaban J connectivity index is 1.61. The molecule has 0 radical (unpaired) electrons. The van der Waals surface area contributed by atoms with Gasteiger partial charge in [-0.3, -0.25) is 4.79 Å². The van der Waals surface area contributed by atoms with E-state index in [0.717, 1.165) is 27.4 Å². The van der Waals surface area contributed by atoms with Crippen LogP contribution in [0.4, 0.5) is 17.3 Å². The van der Waals surface area contributed by atoms with Crippen molar-refractivity contribution in [1.29, 1.82) is 0 Å². The van der Waals surface area contributed by atoms with E-state index in [-0.39, 0.29) is 5.91 Å². The molecular weight excluding hydrogens is 406 g/mol. The maximum absolute atomic E-state index is 12.8. The summed E-state index contributed by atoms with van der Waals surface area (Å²) in [6, 6.07) is 14.9. The largest absolute Gasteiger partial charge is 0.397 e. The SMILES string of the molecule is CN(C)c1nc2ccc(NC(=O)c3sc(-c4ccc(Cl)cc4)cc3N)cc2n1C. The third kappa shape index (κ3) is 3.66. The Labute approximate surface area is 177 Å². The van der Waals surface area contributed by atoms with Gasteiger partial charge in [0.2, 0.25) is 5.95 Å². The molecule has 3 N–H and O–H groups in total. The molecule has 0 unspecified atom stereocenters. The number of carbonyl (C=O) groups excluding carboxylic acids is 1. The molecule has 4 rings (SSSR count). The number of thiophene rings is 1. The van der Waals surface area contributed by atoms with Crippen LogP contribution in [0, 0.1) is 0 Å². The van der Waals surface area contributed by atoms with Gasteiger partial charge in [0.1, 0.15) is 4.88 Å². The Kier molecular flexibility index (Phi) is 4.94. The quantitative estimate of drug-likeness (QED) is 0.489. The van der Waals surface area contributed by atoms with Gasteiger partial charge >= 0.3 is 0 Å². The lowest BCUT2D eigenvalue weighted by molar-refractivity contribution is 0.103. The normalized spacial score (nSPS) is 11.0. The Morgan fingerprint density at radius 1 is 1.17 bits per heavy atom. The topological polar surface area (TPSA) is 76.2 Å². The average molecular weight is 426 g/mol. The lowest BCUT2D eigenvalue weighted by Gasteiger charge is -2.11. The van der Waals surface area contributed by atoms with E-state index in [1.807, 2.05) is 79.1 Å². The Morgan fingerprint density at radius 2 is 1.90 bits per heavy atom. The summed E-state index contributed by atoms with van der Waals surface area (Å²) in [5, 5.41) is 3.61. The van der Waals surface area contributed by atoms with Crippen molar-refractivity contribution < 1.29 is 4.79 Å². The fourth-order valence-corrected chi connectivity index (χ4v) is 4.29. The van der Waals surface area contributed by atoms with Crippen molar-refractivity contribution in [1.82, 2.24) is 9.55 Å². The van der Waals surface area contributed by atoms with Gasteiger partial charge in [-0.1, -0.05) is 23.7 Å². The number of carbonyl (C=O) groups is 1. The summed E-state index contributed by atoms with van der Waals surface area (Å²) < 4.78 is 1.99. The van der Waals surface area contributed by atoms with Gasteiger partial charge in [-0.25, -0.2) is 4.98 Å². The molecule has 2 heterocycles. The number of aryl methyl sites for hydroxylation is 1. The van der Waals surface area contributed by atoms with Crippen LogP contribution in [-0.4, -0.2) is 29.6 Å². The minimum absolute atomic E-state index is 0.234. The highest BCUT2D eigenvalue weighted by atomic mass is 35.5. The minimum Gasteiger partial charge on any atom is -0.397 e. The number of halogens is 1. The third-order valence-corrected chi connectivity index (χ3v) is 6.06. The Bertz CT molecular complexity index is 1210. The molecule has 0 spiro atoms. The summed E-state index contributed by atoms with van der Waals surface area (Å²) in [4.78, 5) is 20.8. The number of rotatable bonds is 4. The highest BCUT2D eigenvalue weighted by Gasteiger charge is 2.17. The molecular formula is C21H20ClN5OS. The number of amides is 1. The Hall–Kier alpha value is -3.03. The first-order valence-electron chi connectivity index (χ1n) is 8.94. The van der Waals surface area contributed by atoms with Gasteiger partial charge < -0.3 is 20.5 Å². The number of nitrogen functional groups attached to an aromatic ring is 1. The van der Waals surface area contributed by atoms with Crippen LogP contribution >= 0.6 is 22.9 Å². The molecule has 0 aliphatic heterocycles. The van der Waals surface area contributed by atoms with E-state index in [0.29, 0.717) is 21.3 Å². The lowest BCUT2D eigenvalue weighted by atomic mass is 10.2. The van der Waals surface area contributed by atoms with Gasteiger partial charge in [0.05, 0.1) is 16.7 Å². The summed E-state index contributed by atoms with van der Waals surface area (Å²) in [6.45, 7) is 0. The first-order chi connectivity index (χ1) is 13.8. The van der Waals surface area contributed by atoms with Gasteiger partial charge in [-0.05, 0) is 42.0 Å². The summed E-state index contributed by atoms with van der Waals surface area (Å²) in [7, 11) is 5.84. The number of aromatic nitrogens is 2. The van der Waals surface area contributed by atoms with Gasteiger partial charge in [0, 0.05) is 36.7 Å². The fourth-order valence-electron chi connectivity index (χ4n) is 3.18. The lowest BCUT2D eigenvalue weighted by Crippen LogP contribution is -2.13. The molecule has 8 heteroatoms. The number of nitrogens with one attached hydrogen (secondary N) is 1. The maximum atomic E-state index is 12.8. The summed E-state index contributed by atoms with van der Waals surface area (Å²) >= 11 is 7.31. The van der Waals surface area contributed by atoms with Crippen molar-refractivity contribution in [3.63, 3.8) is 0 Å². The predicted octanol–water partition coefficient (Wildman–Crippen LogP) is 4.86. The van der Waals surface area contributed by atoms with E-state index in [1.54, 1.807) is 0 Å². The number of nitrogens with zero attached hydrogens (tertiary/aromatic N) is 3. The van der Waals surface area contributed by atoms with Crippen LogP contribution < -0.4 is 16.0 Å². The second-order valence-electron chi connectivity index (χ2n) is 6.92. The second kappa shape index (κ2) is 7.42. The standard InChI is InChI=1S/C21H20ClN5OS/c1-26(2)21-25-16-9-8-14(10-17(16)27(21)3)24-20(28)19-15(23)11-18(29-19)12-4-6-13(22)7-5-12/h4-11H,23H2,1-3H3,(H,24,28). The molecule has 2 aromatic heterocycles. The van der Waals surface area contributed by atoms with E-state index in [1.165, 1.54) is 11.3 Å². The van der Waals surface area contributed by atoms with Crippen molar-refractivity contribution in [3.8, 4) is 10.4 Å². The first kappa shape index (κ1) is 19.3. The molecule has 29 heavy (non-hydrogen) atoms. The number of anilines is 3. The number of hydrogen-bond acceptors (Lipinski definition) is 5. The van der Waals surface area contributed by atoms with Crippen LogP contribution in [0.1, 0.15) is 9.67 Å². The average Bonchev–Trinajstić information content (AvgIpc) is 3.23. The molecule has 2 aromatic carbocycles. The van der Waals surface area contributed by atoms with Crippen LogP contribution in [0.15, 0.2) is 48.5 Å². The van der Waals surface area contributed by atoms with Gasteiger partial charge in [0.15, 0.2) is 0 Å². The van der Waals surface area contributed by atoms with Crippen LogP contribution in [0.5, 0.6) is 0 Å². The Morgan fingerprint density at radius 3 is 2.59 bits per heavy atom. The van der Waals surface area contributed by atoms with Gasteiger partial charge in [0.25, 0.3) is 5.91 Å². The molecule has 0 atom stereocenters. The molecule has 1 amide bonds. The van der Waals surface area contributed by atoms with Crippen LogP contribution in [0.2, 0.25) is 5.02 Å². The van der Waals surface area contributed by atoms with E-state index >= 15 is 0 Å². The molecule has 0 bridgehead atoms. The molecule has 0 saturated heterocycles. The molecule has 4 aromatic rings. The second-order valence-corrected chi connectivity index (χ2v) is 8.41. The van der Waals surface area contributed by atoms with E-state index in [4.69, 9.17) is 17.3 Å². The van der Waals surface area contributed by atoms with E-state index < -0.39 is 0 Å². The smallest absolute Gasteiger partial charge is 0.267 e. The highest BCUT2D eigenvalue weighted by molar-refractivity contribution is 7.18. The number of benzene rings is 2. The fraction of sp³-hybridized carbons (Fsp3) is 0.143. The molecule has 0 fully saturated rings. The van der Waals surface area contributed by atoms with Crippen molar-refractivity contribution in [2.75, 3.05) is 30.0 Å². The van der Waals surface area contributed by atoms with Crippen molar-refractivity contribution in [2.45, 2.75) is 0 Å². The zero-order chi connectivity index (χ0) is 20.7. The monoisotopic (exact) mass is 425 g/mol. The maximum Gasteiger partial charge on any atom is 0.267 e.